The van der Waals surface area contributed by atoms with Gasteiger partial charge in [-0.15, -0.1) is 0 Å². The molecule has 0 aliphatic rings. The van der Waals surface area contributed by atoms with Crippen molar-refractivity contribution in [3.05, 3.63) is 0 Å². The van der Waals surface area contributed by atoms with E-state index in [0.717, 1.165) is 0 Å². The Morgan fingerprint density at radius 3 is 1.30 bits per heavy atom. The first-order valence-corrected chi connectivity index (χ1v) is 3.98. The predicted octanol–water partition coefficient (Wildman–Crippen LogP) is 3.75. The highest BCUT2D eigenvalue weighted by atomic mass is 19.4. The third-order valence-electron chi connectivity index (χ3n) is 1.67. The minimum atomic E-state index is -7.21. The van der Waals surface area contributed by atoms with Crippen LogP contribution in [-0.4, -0.2) is 36.6 Å². The van der Waals surface area contributed by atoms with E-state index in [2.05, 4.69) is 0 Å². The molecular formula is C6HF12O2. The fraction of sp³-hybridized carbons (Fsp3) is 1.00. The molecule has 0 rings (SSSR count). The average Bonchev–Trinajstić information content (AvgIpc) is 2.12. The van der Waals surface area contributed by atoms with Crippen LogP contribution in [-0.2, 0) is 9.84 Å². The number of halogens is 12. The highest BCUT2D eigenvalue weighted by Gasteiger charge is 2.80. The molecule has 0 saturated carbocycles. The van der Waals surface area contributed by atoms with Gasteiger partial charge in [-0.05, 0) is 0 Å². The standard InChI is InChI=1S/C6HF12O2/c7-1(8)2(9,10)6(17,18)20-3(11,4(12,13)14)5(15,16)19/h1H. The van der Waals surface area contributed by atoms with Crippen LogP contribution in [0.3, 0.4) is 0 Å². The molecular weight excluding hydrogens is 332 g/mol. The van der Waals surface area contributed by atoms with Crippen molar-refractivity contribution in [2.45, 2.75) is 36.6 Å². The molecule has 0 aliphatic carbocycles. The second-order valence-electron chi connectivity index (χ2n) is 3.15. The molecule has 0 spiro atoms. The van der Waals surface area contributed by atoms with E-state index >= 15 is 0 Å². The van der Waals surface area contributed by atoms with Crippen molar-refractivity contribution < 1.29 is 62.5 Å². The van der Waals surface area contributed by atoms with Gasteiger partial charge in [0.2, 0.25) is 0 Å². The molecule has 0 aromatic heterocycles. The fourth-order valence-corrected chi connectivity index (χ4v) is 0.654. The van der Waals surface area contributed by atoms with Crippen LogP contribution in [0.4, 0.5) is 52.7 Å². The van der Waals surface area contributed by atoms with Crippen molar-refractivity contribution in [1.29, 1.82) is 0 Å². The van der Waals surface area contributed by atoms with E-state index in [1.807, 2.05) is 0 Å². The normalized spacial score (nSPS) is 18.3. The van der Waals surface area contributed by atoms with Crippen LogP contribution in [0.5, 0.6) is 0 Å². The van der Waals surface area contributed by atoms with Crippen molar-refractivity contribution in [1.82, 2.24) is 0 Å². The van der Waals surface area contributed by atoms with Crippen LogP contribution in [0.15, 0.2) is 0 Å². The first kappa shape index (κ1) is 19.1. The van der Waals surface area contributed by atoms with E-state index in [1.54, 1.807) is 0 Å². The summed E-state index contributed by atoms with van der Waals surface area (Å²) in [5, 5.41) is 9.63. The lowest BCUT2D eigenvalue weighted by Gasteiger charge is -2.35. The molecule has 1 radical (unpaired) electrons. The molecule has 0 saturated heterocycles. The Balaban J connectivity index is 5.74. The summed E-state index contributed by atoms with van der Waals surface area (Å²) in [5.74, 6) is -13.9. The lowest BCUT2D eigenvalue weighted by atomic mass is 10.2. The van der Waals surface area contributed by atoms with E-state index in [4.69, 9.17) is 0 Å². The summed E-state index contributed by atoms with van der Waals surface area (Å²) >= 11 is 0. The largest absolute Gasteiger partial charge is 0.458 e. The highest BCUT2D eigenvalue weighted by Crippen LogP contribution is 2.51. The number of rotatable bonds is 5. The first-order valence-electron chi connectivity index (χ1n) is 3.98. The maximum Gasteiger partial charge on any atom is 0.458 e. The molecule has 14 heteroatoms. The molecule has 121 valence electrons. The van der Waals surface area contributed by atoms with Crippen LogP contribution in [0.25, 0.3) is 0 Å². The van der Waals surface area contributed by atoms with E-state index < -0.39 is 36.6 Å². The third-order valence-corrected chi connectivity index (χ3v) is 1.67. The molecule has 20 heavy (non-hydrogen) atoms. The van der Waals surface area contributed by atoms with Gasteiger partial charge in [0.1, 0.15) is 0 Å². The summed E-state index contributed by atoms with van der Waals surface area (Å²) in [5.41, 5.74) is 0. The summed E-state index contributed by atoms with van der Waals surface area (Å²) in [7, 11) is 0. The van der Waals surface area contributed by atoms with Gasteiger partial charge < -0.3 is 0 Å². The molecule has 0 aromatic carbocycles. The summed E-state index contributed by atoms with van der Waals surface area (Å²) in [6.07, 6.45) is -26.7. The van der Waals surface area contributed by atoms with Gasteiger partial charge in [0.25, 0.3) is 0 Å². The van der Waals surface area contributed by atoms with Gasteiger partial charge >= 0.3 is 36.6 Å². The Labute approximate surface area is 100 Å². The lowest BCUT2D eigenvalue weighted by Crippen LogP contribution is -2.63. The zero-order chi connectivity index (χ0) is 16.8. The van der Waals surface area contributed by atoms with Gasteiger partial charge in [-0.25, -0.2) is 8.78 Å². The fourth-order valence-electron chi connectivity index (χ4n) is 0.654. The molecule has 0 amide bonds. The second-order valence-corrected chi connectivity index (χ2v) is 3.15. The van der Waals surface area contributed by atoms with Gasteiger partial charge in [-0.1, -0.05) is 0 Å². The zero-order valence-corrected chi connectivity index (χ0v) is 8.43. The quantitative estimate of drug-likeness (QED) is 0.705. The summed E-state index contributed by atoms with van der Waals surface area (Å²) in [6, 6.07) is 0. The Hall–Kier alpha value is -0.920. The number of hydrogen-bond donors (Lipinski definition) is 0. The van der Waals surface area contributed by atoms with E-state index in [1.165, 1.54) is 4.74 Å². The Morgan fingerprint density at radius 1 is 0.750 bits per heavy atom. The minimum Gasteiger partial charge on any atom is -0.262 e. The lowest BCUT2D eigenvalue weighted by molar-refractivity contribution is -0.526. The Morgan fingerprint density at radius 2 is 1.10 bits per heavy atom. The first-order chi connectivity index (χ1) is 8.40. The van der Waals surface area contributed by atoms with Gasteiger partial charge in [0, 0.05) is 0 Å². The molecule has 0 heterocycles. The molecule has 0 aromatic rings. The van der Waals surface area contributed by atoms with Gasteiger partial charge in [0.15, 0.2) is 0 Å². The van der Waals surface area contributed by atoms with Crippen molar-refractivity contribution in [2.75, 3.05) is 0 Å². The molecule has 1 atom stereocenters. The van der Waals surface area contributed by atoms with Gasteiger partial charge in [-0.3, -0.25) is 4.74 Å². The van der Waals surface area contributed by atoms with Crippen LogP contribution in [0.2, 0.25) is 0 Å². The Kier molecular flexibility index (Phi) is 4.60. The second kappa shape index (κ2) is 4.82. The summed E-state index contributed by atoms with van der Waals surface area (Å²) in [6.45, 7) is 0. The van der Waals surface area contributed by atoms with Crippen LogP contribution < -0.4 is 0 Å². The number of ether oxygens (including phenoxy) is 1. The van der Waals surface area contributed by atoms with Gasteiger partial charge in [-0.2, -0.15) is 49.0 Å². The van der Waals surface area contributed by atoms with Crippen molar-refractivity contribution in [3.8, 4) is 0 Å². The van der Waals surface area contributed by atoms with E-state index in [0.29, 0.717) is 0 Å². The third kappa shape index (κ3) is 3.05. The predicted molar refractivity (Wildman–Crippen MR) is 32.5 cm³/mol. The molecule has 2 nitrogen and oxygen atoms in total. The number of alkyl halides is 12. The minimum absolute atomic E-state index is 1.46. The van der Waals surface area contributed by atoms with Crippen molar-refractivity contribution >= 4 is 0 Å². The van der Waals surface area contributed by atoms with E-state index in [-0.39, 0.29) is 0 Å². The maximum atomic E-state index is 12.6. The summed E-state index contributed by atoms with van der Waals surface area (Å²) < 4.78 is 145. The molecule has 0 fully saturated rings. The van der Waals surface area contributed by atoms with Crippen molar-refractivity contribution in [3.63, 3.8) is 0 Å². The summed E-state index contributed by atoms with van der Waals surface area (Å²) in [4.78, 5) is 0. The smallest absolute Gasteiger partial charge is 0.262 e. The van der Waals surface area contributed by atoms with Gasteiger partial charge in [0.05, 0.1) is 0 Å². The molecule has 1 unspecified atom stereocenters. The highest BCUT2D eigenvalue weighted by molar-refractivity contribution is 4.90. The van der Waals surface area contributed by atoms with E-state index in [9.17, 15) is 57.8 Å². The molecule has 0 aliphatic heterocycles. The monoisotopic (exact) mass is 333 g/mol. The topological polar surface area (TPSA) is 29.1 Å². The van der Waals surface area contributed by atoms with Crippen molar-refractivity contribution in [2.24, 2.45) is 0 Å². The van der Waals surface area contributed by atoms with Crippen LogP contribution in [0, 0.1) is 0 Å². The SMILES string of the molecule is [O]C(F)(F)C(F)(OC(F)(F)C(F)(F)C(F)F)C(F)(F)F. The maximum absolute atomic E-state index is 12.6. The Bertz CT molecular complexity index is 327. The molecule has 0 N–H and O–H groups in total. The average molecular weight is 333 g/mol. The van der Waals surface area contributed by atoms with Crippen LogP contribution >= 0.6 is 0 Å². The molecule has 0 bridgehead atoms. The number of hydrogen-bond acceptors (Lipinski definition) is 1. The van der Waals surface area contributed by atoms with Crippen LogP contribution in [0.1, 0.15) is 0 Å². The zero-order valence-electron chi connectivity index (χ0n) is 8.43.